The average molecular weight is 560 g/mol. The summed E-state index contributed by atoms with van der Waals surface area (Å²) in [6.45, 7) is 0.818. The van der Waals surface area contributed by atoms with E-state index in [9.17, 15) is 24.3 Å². The van der Waals surface area contributed by atoms with E-state index >= 15 is 0 Å². The lowest BCUT2D eigenvalue weighted by molar-refractivity contribution is -0.138. The van der Waals surface area contributed by atoms with Gasteiger partial charge in [-0.25, -0.2) is 9.78 Å². The monoisotopic (exact) mass is 559 g/mol. The van der Waals surface area contributed by atoms with E-state index in [0.717, 1.165) is 0 Å². The first-order valence-corrected chi connectivity index (χ1v) is 12.6. The number of ether oxygens (including phenoxy) is 3. The number of carbonyl (C=O) groups excluding carboxylic acids is 2. The van der Waals surface area contributed by atoms with Crippen LogP contribution in [0.3, 0.4) is 0 Å². The van der Waals surface area contributed by atoms with Crippen molar-refractivity contribution in [2.24, 2.45) is 0 Å². The summed E-state index contributed by atoms with van der Waals surface area (Å²) >= 11 is 0. The van der Waals surface area contributed by atoms with Crippen LogP contribution in [-0.4, -0.2) is 120 Å². The normalized spacial score (nSPS) is 14.8. The maximum Gasteiger partial charge on any atom is 0.407 e. The molecule has 2 heterocycles. The van der Waals surface area contributed by atoms with Crippen molar-refractivity contribution >= 4 is 23.9 Å². The maximum atomic E-state index is 13.4. The number of rotatable bonds is 13. The Balaban J connectivity index is 1.83. The van der Waals surface area contributed by atoms with Crippen molar-refractivity contribution in [3.63, 3.8) is 0 Å². The summed E-state index contributed by atoms with van der Waals surface area (Å²) in [4.78, 5) is 60.4. The molecule has 0 aliphatic carbocycles. The van der Waals surface area contributed by atoms with Gasteiger partial charge in [0, 0.05) is 58.4 Å². The molecule has 1 saturated heterocycles. The van der Waals surface area contributed by atoms with Crippen molar-refractivity contribution in [3.8, 4) is 17.3 Å². The Morgan fingerprint density at radius 3 is 2.25 bits per heavy atom. The van der Waals surface area contributed by atoms with Gasteiger partial charge < -0.3 is 39.5 Å². The Bertz CT molecular complexity index is 1170. The van der Waals surface area contributed by atoms with E-state index in [4.69, 9.17) is 19.3 Å². The Morgan fingerprint density at radius 2 is 1.65 bits per heavy atom. The fraction of sp³-hybridized carbons (Fsp3) is 0.462. The molecule has 0 radical (unpaired) electrons. The van der Waals surface area contributed by atoms with Gasteiger partial charge in [-0.15, -0.1) is 0 Å². The van der Waals surface area contributed by atoms with Crippen molar-refractivity contribution in [3.05, 3.63) is 42.1 Å². The second-order valence-corrected chi connectivity index (χ2v) is 8.96. The van der Waals surface area contributed by atoms with Crippen LogP contribution in [0.5, 0.6) is 5.88 Å². The van der Waals surface area contributed by atoms with Crippen LogP contribution in [-0.2, 0) is 19.1 Å². The third kappa shape index (κ3) is 8.61. The molecule has 3 N–H and O–H groups in total. The molecule has 0 unspecified atom stereocenters. The zero-order valence-electron chi connectivity index (χ0n) is 22.3. The van der Waals surface area contributed by atoms with Crippen molar-refractivity contribution < 1.29 is 43.6 Å². The van der Waals surface area contributed by atoms with Crippen LogP contribution in [0.2, 0.25) is 0 Å². The molecule has 3 rings (SSSR count). The minimum atomic E-state index is -1.17. The molecule has 40 heavy (non-hydrogen) atoms. The molecule has 2 atom stereocenters. The van der Waals surface area contributed by atoms with Gasteiger partial charge in [0.25, 0.3) is 5.91 Å². The zero-order chi connectivity index (χ0) is 29.1. The Kier molecular flexibility index (Phi) is 11.1. The highest BCUT2D eigenvalue weighted by atomic mass is 16.6. The van der Waals surface area contributed by atoms with Gasteiger partial charge >= 0.3 is 12.1 Å². The molecule has 0 spiro atoms. The number of methoxy groups -OCH3 is 2. The van der Waals surface area contributed by atoms with Gasteiger partial charge in [0.1, 0.15) is 24.4 Å². The molecule has 1 aromatic heterocycles. The molecule has 0 saturated carbocycles. The molecule has 1 aliphatic rings. The van der Waals surface area contributed by atoms with Crippen molar-refractivity contribution in [1.82, 2.24) is 25.1 Å². The Labute approximate surface area is 230 Å². The van der Waals surface area contributed by atoms with Gasteiger partial charge in [-0.3, -0.25) is 14.4 Å². The molecular weight excluding hydrogens is 526 g/mol. The standard InChI is InChI=1S/C26H33N5O9/c1-38-15-18(39-2)16-40-21-14-20(27-23(29-21)17-6-4-3-5-7-17)24(34)28-19(8-9-22(32)33)25(35)30-10-12-31(13-11-30)26(36)37/h3-7,14,18-19H,8-13,15-16H2,1-2H3,(H,28,34)(H,32,33)(H,36,37)/t18-,19+/m1/s1. The van der Waals surface area contributed by atoms with Crippen LogP contribution in [0.1, 0.15) is 23.3 Å². The van der Waals surface area contributed by atoms with Crippen molar-refractivity contribution in [2.75, 3.05) is 53.6 Å². The molecule has 1 aromatic carbocycles. The summed E-state index contributed by atoms with van der Waals surface area (Å²) in [5, 5.41) is 21.0. The second kappa shape index (κ2) is 14.7. The number of carbonyl (C=O) groups is 4. The third-order valence-electron chi connectivity index (χ3n) is 6.18. The smallest absolute Gasteiger partial charge is 0.407 e. The fourth-order valence-electron chi connectivity index (χ4n) is 3.98. The number of piperazine rings is 1. The van der Waals surface area contributed by atoms with Crippen molar-refractivity contribution in [2.45, 2.75) is 25.0 Å². The molecule has 216 valence electrons. The minimum Gasteiger partial charge on any atom is -0.481 e. The number of hydrogen-bond donors (Lipinski definition) is 3. The first kappa shape index (κ1) is 30.2. The van der Waals surface area contributed by atoms with Gasteiger partial charge in [0.2, 0.25) is 11.8 Å². The van der Waals surface area contributed by atoms with E-state index in [1.54, 1.807) is 24.3 Å². The van der Waals surface area contributed by atoms with Crippen LogP contribution in [0.4, 0.5) is 4.79 Å². The molecular formula is C26H33N5O9. The van der Waals surface area contributed by atoms with E-state index in [1.165, 1.54) is 30.1 Å². The van der Waals surface area contributed by atoms with E-state index in [0.29, 0.717) is 5.56 Å². The number of amides is 3. The predicted molar refractivity (Wildman–Crippen MR) is 140 cm³/mol. The van der Waals surface area contributed by atoms with E-state index in [2.05, 4.69) is 15.3 Å². The van der Waals surface area contributed by atoms with Crippen LogP contribution >= 0.6 is 0 Å². The van der Waals surface area contributed by atoms with Crippen LogP contribution in [0, 0.1) is 0 Å². The van der Waals surface area contributed by atoms with E-state index < -0.39 is 36.0 Å². The molecule has 0 bridgehead atoms. The lowest BCUT2D eigenvalue weighted by Gasteiger charge is -2.35. The summed E-state index contributed by atoms with van der Waals surface area (Å²) in [5.41, 5.74) is 0.533. The van der Waals surface area contributed by atoms with E-state index in [1.807, 2.05) is 6.07 Å². The van der Waals surface area contributed by atoms with Crippen LogP contribution < -0.4 is 10.1 Å². The Morgan fingerprint density at radius 1 is 0.975 bits per heavy atom. The van der Waals surface area contributed by atoms with Crippen molar-refractivity contribution in [1.29, 1.82) is 0 Å². The first-order valence-electron chi connectivity index (χ1n) is 12.6. The summed E-state index contributed by atoms with van der Waals surface area (Å²) in [7, 11) is 3.04. The zero-order valence-corrected chi connectivity index (χ0v) is 22.3. The first-order chi connectivity index (χ1) is 19.2. The number of carboxylic acids is 1. The Hall–Kier alpha value is -4.30. The summed E-state index contributed by atoms with van der Waals surface area (Å²) in [6, 6.07) is 9.08. The lowest BCUT2D eigenvalue weighted by atomic mass is 10.1. The number of nitrogens with one attached hydrogen (secondary N) is 1. The molecule has 1 aliphatic heterocycles. The largest absolute Gasteiger partial charge is 0.481 e. The number of carboxylic acid groups (broad SMARTS) is 2. The maximum absolute atomic E-state index is 13.4. The second-order valence-electron chi connectivity index (χ2n) is 8.96. The van der Waals surface area contributed by atoms with Gasteiger partial charge in [-0.05, 0) is 6.42 Å². The predicted octanol–water partition coefficient (Wildman–Crippen LogP) is 0.969. The summed E-state index contributed by atoms with van der Waals surface area (Å²) in [6.07, 6.45) is -2.00. The number of hydrogen-bond acceptors (Lipinski definition) is 9. The number of aliphatic carboxylic acids is 1. The third-order valence-corrected chi connectivity index (χ3v) is 6.18. The highest BCUT2D eigenvalue weighted by Gasteiger charge is 2.31. The molecule has 2 aromatic rings. The number of nitrogens with zero attached hydrogens (tertiary/aromatic N) is 4. The lowest BCUT2D eigenvalue weighted by Crippen LogP contribution is -2.55. The van der Waals surface area contributed by atoms with Gasteiger partial charge in [-0.2, -0.15) is 4.98 Å². The fourth-order valence-corrected chi connectivity index (χ4v) is 3.98. The van der Waals surface area contributed by atoms with Gasteiger partial charge in [0.15, 0.2) is 5.82 Å². The summed E-state index contributed by atoms with van der Waals surface area (Å²) in [5.74, 6) is -2.05. The van der Waals surface area contributed by atoms with Crippen LogP contribution in [0.25, 0.3) is 11.4 Å². The minimum absolute atomic E-state index is 0.0820. The highest BCUT2D eigenvalue weighted by Crippen LogP contribution is 2.20. The molecule has 14 heteroatoms. The highest BCUT2D eigenvalue weighted by molar-refractivity contribution is 5.96. The average Bonchev–Trinajstić information content (AvgIpc) is 2.97. The molecule has 14 nitrogen and oxygen atoms in total. The van der Waals surface area contributed by atoms with Crippen LogP contribution in [0.15, 0.2) is 36.4 Å². The number of aromatic nitrogens is 2. The summed E-state index contributed by atoms with van der Waals surface area (Å²) < 4.78 is 16.2. The SMILES string of the molecule is COC[C@H](COc1cc(C(=O)N[C@@H](CCC(=O)O)C(=O)N2CCN(C(=O)O)CC2)nc(-c2ccccc2)n1)OC. The quantitative estimate of drug-likeness (QED) is 0.318. The molecule has 3 amide bonds. The van der Waals surface area contributed by atoms with Gasteiger partial charge in [-0.1, -0.05) is 30.3 Å². The van der Waals surface area contributed by atoms with E-state index in [-0.39, 0.29) is 69.6 Å². The van der Waals surface area contributed by atoms with Gasteiger partial charge in [0.05, 0.1) is 6.61 Å². The number of benzene rings is 1. The molecule has 1 fully saturated rings. The topological polar surface area (TPSA) is 181 Å².